The van der Waals surface area contributed by atoms with Crippen LogP contribution in [0.4, 0.5) is 0 Å². The van der Waals surface area contributed by atoms with Gasteiger partial charge in [0.05, 0.1) is 31.8 Å². The number of carbonyl (C=O) groups excluding carboxylic acids is 17. The zero-order valence-corrected chi connectivity index (χ0v) is 73.9. The van der Waals surface area contributed by atoms with Crippen LogP contribution in [0.25, 0.3) is 0 Å². The number of carboxylic acids is 5. The summed E-state index contributed by atoms with van der Waals surface area (Å²) in [4.78, 5) is 297. The summed E-state index contributed by atoms with van der Waals surface area (Å²) in [5, 5.41) is 121. The highest BCUT2D eigenvalue weighted by atomic mass is 16.4. The lowest BCUT2D eigenvalue weighted by molar-refractivity contribution is -0.144. The van der Waals surface area contributed by atoms with Gasteiger partial charge in [0, 0.05) is 64.5 Å². The topological polar surface area (TPSA) is 799 Å². The molecule has 0 aliphatic carbocycles. The average molecular weight is 1890 g/mol. The van der Waals surface area contributed by atoms with Gasteiger partial charge in [-0.3, -0.25) is 101 Å². The Bertz CT molecular complexity index is 4680. The summed E-state index contributed by atoms with van der Waals surface area (Å²) >= 11 is 0. The maximum atomic E-state index is 14.7. The Kier molecular flexibility index (Phi) is 44.8. The maximum absolute atomic E-state index is 14.7. The number of likely N-dealkylation sites (tertiary alicyclic amines) is 2. The highest BCUT2D eigenvalue weighted by Crippen LogP contribution is 2.23. The first-order valence-corrected chi connectivity index (χ1v) is 42.9. The number of hydrogen-bond acceptors (Lipinski definition) is 27. The van der Waals surface area contributed by atoms with Crippen molar-refractivity contribution in [1.82, 2.24) is 78.9 Å². The monoisotopic (exact) mass is 1890 g/mol. The van der Waals surface area contributed by atoms with E-state index < -0.39 is 329 Å². The molecular weight excluding hydrogens is 1770 g/mol. The third kappa shape index (κ3) is 36.8. The number of nitrogens with zero attached hydrogens (tertiary/aromatic N) is 2. The molecule has 2 heterocycles. The van der Waals surface area contributed by atoms with Crippen LogP contribution in [0.2, 0.25) is 0 Å². The molecule has 17 atom stereocenters. The van der Waals surface area contributed by atoms with Gasteiger partial charge in [-0.25, -0.2) is 4.79 Å². The minimum atomic E-state index is -1.97. The molecule has 2 aliphatic heterocycles. The summed E-state index contributed by atoms with van der Waals surface area (Å²) in [5.41, 5.74) is 17.2. The van der Waals surface area contributed by atoms with Crippen molar-refractivity contribution in [3.63, 3.8) is 0 Å². The number of amides is 17. The minimum absolute atomic E-state index is 0.0794. The Labute approximate surface area is 766 Å². The number of benzene rings is 3. The molecule has 49 heteroatoms. The number of hydrogen-bond donors (Lipinski definition) is 25. The van der Waals surface area contributed by atoms with E-state index >= 15 is 0 Å². The zero-order chi connectivity index (χ0) is 99.9. The van der Waals surface area contributed by atoms with Crippen molar-refractivity contribution in [1.29, 1.82) is 0 Å². The van der Waals surface area contributed by atoms with Gasteiger partial charge < -0.3 is 142 Å². The molecule has 0 bridgehead atoms. The lowest BCUT2D eigenvalue weighted by Crippen LogP contribution is -2.62. The van der Waals surface area contributed by atoms with E-state index in [1.54, 1.807) is 74.5 Å². The molecule has 134 heavy (non-hydrogen) atoms. The second-order valence-electron chi connectivity index (χ2n) is 32.6. The van der Waals surface area contributed by atoms with Crippen LogP contribution in [-0.4, -0.2) is 315 Å². The lowest BCUT2D eigenvalue weighted by Gasteiger charge is -2.31. The molecule has 0 radical (unpaired) electrons. The lowest BCUT2D eigenvalue weighted by atomic mass is 10.0. The van der Waals surface area contributed by atoms with Crippen LogP contribution >= 0.6 is 0 Å². The number of rotatable bonds is 57. The molecule has 2 aliphatic rings. The van der Waals surface area contributed by atoms with Crippen molar-refractivity contribution in [2.24, 2.45) is 23.1 Å². The normalized spacial score (nSPS) is 16.7. The predicted octanol–water partition coefficient (Wildman–Crippen LogP) is -7.85. The van der Waals surface area contributed by atoms with Gasteiger partial charge in [-0.2, -0.15) is 0 Å². The van der Waals surface area contributed by atoms with E-state index in [1.807, 2.05) is 0 Å². The smallest absolute Gasteiger partial charge is 0.326 e. The number of aliphatic hydroxyl groups is 3. The number of primary amides is 2. The van der Waals surface area contributed by atoms with Crippen molar-refractivity contribution >= 4 is 130 Å². The fraction of sp³-hybridized carbons (Fsp3) is 0.529. The average Bonchev–Trinajstić information content (AvgIpc) is 1.64. The van der Waals surface area contributed by atoms with Gasteiger partial charge in [0.15, 0.2) is 0 Å². The van der Waals surface area contributed by atoms with Crippen LogP contribution in [0.15, 0.2) is 84.9 Å². The molecule has 0 unspecified atom stereocenters. The SMILES string of the molecule is CC(C)C[C@H](NC(=O)[C@H](CCC(=O)O)NC(=O)[C@@H]1CCCN1C(=O)[C@H](CO)NC(=O)[C@H](Cc1ccccc1)NC(=O)[C@H](CCC(=O)O)NC(=O)[C@@H]1CCCN1C(=O)[C@H](C)NC(=O)[C@H](Cc1ccccc1)NC(=O)[C@H](CO)NC(=O)[C@H](CCC(=O)O)NC(=O)[C@H](CCC(N)=O)NC(=O)[C@@H](N)CC(N)=O)C(=O)N[C@H](C(=O)N[C@@H](Cc1ccc(O)cc1)C(=O)N[C@@H](CCC(=O)O)C(=O)O)[C@@H](C)O. The fourth-order valence-corrected chi connectivity index (χ4v) is 14.3. The van der Waals surface area contributed by atoms with Gasteiger partial charge in [0.1, 0.15) is 96.4 Å². The van der Waals surface area contributed by atoms with Crippen molar-refractivity contribution in [2.45, 2.75) is 252 Å². The quantitative estimate of drug-likeness (QED) is 0.0250. The molecule has 0 spiro atoms. The Balaban J connectivity index is 1.32. The number of aliphatic carboxylic acids is 5. The molecule has 0 saturated carbocycles. The zero-order valence-electron chi connectivity index (χ0n) is 73.9. The number of aliphatic hydroxyl groups excluding tert-OH is 3. The van der Waals surface area contributed by atoms with E-state index in [4.69, 9.17) is 17.2 Å². The van der Waals surface area contributed by atoms with Crippen molar-refractivity contribution in [3.05, 3.63) is 102 Å². The number of carbonyl (C=O) groups is 22. The van der Waals surface area contributed by atoms with E-state index in [2.05, 4.69) is 69.1 Å². The molecule has 2 saturated heterocycles. The molecule has 2 fully saturated rings. The first-order chi connectivity index (χ1) is 63.2. The molecule has 3 aromatic carbocycles. The summed E-state index contributed by atoms with van der Waals surface area (Å²) in [7, 11) is 0. The summed E-state index contributed by atoms with van der Waals surface area (Å²) in [6.45, 7) is 2.79. The van der Waals surface area contributed by atoms with Crippen LogP contribution in [0.1, 0.15) is 147 Å². The molecule has 28 N–H and O–H groups in total. The molecule has 5 rings (SSSR count). The van der Waals surface area contributed by atoms with Crippen LogP contribution in [0.5, 0.6) is 5.75 Å². The summed E-state index contributed by atoms with van der Waals surface area (Å²) in [6.07, 6.45) is -10.4. The highest BCUT2D eigenvalue weighted by molar-refractivity contribution is 6.02. The second kappa shape index (κ2) is 54.5. The van der Waals surface area contributed by atoms with Gasteiger partial charge in [0.2, 0.25) is 100 Å². The van der Waals surface area contributed by atoms with Gasteiger partial charge in [-0.05, 0) is 113 Å². The van der Waals surface area contributed by atoms with Gasteiger partial charge in [0.25, 0.3) is 0 Å². The van der Waals surface area contributed by atoms with Crippen LogP contribution in [0, 0.1) is 5.92 Å². The van der Waals surface area contributed by atoms with E-state index in [1.165, 1.54) is 31.2 Å². The first-order valence-electron chi connectivity index (χ1n) is 42.9. The van der Waals surface area contributed by atoms with Crippen molar-refractivity contribution < 1.29 is 151 Å². The number of nitrogens with one attached hydrogen (secondary N) is 13. The Hall–Kier alpha value is -14.4. The van der Waals surface area contributed by atoms with Crippen LogP contribution < -0.4 is 86.3 Å². The van der Waals surface area contributed by atoms with Crippen molar-refractivity contribution in [3.8, 4) is 5.75 Å². The fourth-order valence-electron chi connectivity index (χ4n) is 14.3. The van der Waals surface area contributed by atoms with E-state index in [-0.39, 0.29) is 63.8 Å². The molecule has 0 aromatic heterocycles. The van der Waals surface area contributed by atoms with Crippen molar-refractivity contribution in [2.75, 3.05) is 26.3 Å². The largest absolute Gasteiger partial charge is 0.508 e. The summed E-state index contributed by atoms with van der Waals surface area (Å²) in [5.74, 6) is -27.0. The standard InChI is InChI=1S/C85H118N18O31/c1-42(2)35-55(78(126)101-69(44(4)106)82(130)98-58(38-47-19-21-48(107)22-20-47)76(124)94-54(85(133)134)27-32-68(116)117)95-72(120)52(25-30-66(112)113)93-81(129)62-18-12-34-103(62)84(132)60(41-105)100-77(125)57(37-46-15-9-6-10-16-46)96-73(121)53(26-31-67(114)115)92-80(128)61-17-11-33-102(61)83(131)43(3)89-75(123)56(36-45-13-7-5-8-14-45)97-79(127)59(40-104)99-74(122)51(24-29-65(110)111)91-71(119)50(23-28-63(87)108)90-70(118)49(86)39-64(88)109/h5-10,13-16,19-22,42-44,49-62,69,104-107H,11-12,17-18,23-41,86H2,1-4H3,(H2,87,108)(H2,88,109)(H,89,123)(H,90,118)(H,91,119)(H,92,128)(H,93,129)(H,94,124)(H,95,120)(H,96,121)(H,97,127)(H,98,130)(H,99,122)(H,100,125)(H,101,126)(H,110,111)(H,112,113)(H,114,115)(H,116,117)(H,133,134)/t43-,44+,49-,50-,51-,52-,53-,54-,55-,56-,57-,58-,59-,60-,61-,62-,69-/m0/s1. The maximum Gasteiger partial charge on any atom is 0.326 e. The molecule has 49 nitrogen and oxygen atoms in total. The predicted molar refractivity (Wildman–Crippen MR) is 463 cm³/mol. The van der Waals surface area contributed by atoms with Gasteiger partial charge in [-0.15, -0.1) is 0 Å². The molecule has 734 valence electrons. The number of phenolic OH excluding ortho intramolecular Hbond substituents is 1. The number of nitrogens with two attached hydrogens (primary N) is 3. The molecule has 17 amide bonds. The van der Waals surface area contributed by atoms with Gasteiger partial charge in [-0.1, -0.05) is 86.6 Å². The van der Waals surface area contributed by atoms with Crippen LogP contribution in [-0.2, 0) is 125 Å². The Morgan fingerprint density at radius 3 is 1.09 bits per heavy atom. The Morgan fingerprint density at radius 1 is 0.366 bits per heavy atom. The summed E-state index contributed by atoms with van der Waals surface area (Å²) in [6, 6.07) is -6.63. The van der Waals surface area contributed by atoms with Gasteiger partial charge >= 0.3 is 29.8 Å². The number of carboxylic acid groups (broad SMARTS) is 5. The van der Waals surface area contributed by atoms with E-state index in [0.29, 0.717) is 16.7 Å². The van der Waals surface area contributed by atoms with E-state index in [9.17, 15) is 151 Å². The number of aromatic hydroxyl groups is 1. The van der Waals surface area contributed by atoms with E-state index in [0.717, 1.165) is 16.7 Å². The minimum Gasteiger partial charge on any atom is -0.508 e. The third-order valence-corrected chi connectivity index (χ3v) is 21.4. The number of phenols is 1. The molecular formula is C85H118N18O31. The molecule has 3 aromatic rings. The van der Waals surface area contributed by atoms with Crippen LogP contribution in [0.3, 0.4) is 0 Å². The second-order valence-corrected chi connectivity index (χ2v) is 32.6. The Morgan fingerprint density at radius 2 is 0.694 bits per heavy atom. The summed E-state index contributed by atoms with van der Waals surface area (Å²) < 4.78 is 0. The first kappa shape index (κ1) is 110. The highest BCUT2D eigenvalue weighted by Gasteiger charge is 2.44. The third-order valence-electron chi connectivity index (χ3n) is 21.4.